The van der Waals surface area contributed by atoms with Crippen LogP contribution < -0.4 is 5.73 Å². The maximum atomic E-state index is 12.0. The van der Waals surface area contributed by atoms with E-state index in [0.717, 1.165) is 0 Å². The van der Waals surface area contributed by atoms with Gasteiger partial charge in [-0.05, 0) is 27.2 Å². The van der Waals surface area contributed by atoms with Crippen LogP contribution in [0.2, 0.25) is 0 Å². The van der Waals surface area contributed by atoms with Crippen molar-refractivity contribution in [2.45, 2.75) is 51.4 Å². The summed E-state index contributed by atoms with van der Waals surface area (Å²) in [7, 11) is 0. The number of morpholine rings is 1. The first kappa shape index (κ1) is 16.7. The van der Waals surface area contributed by atoms with Crippen LogP contribution in [0.1, 0.15) is 33.6 Å². The predicted octanol–water partition coefficient (Wildman–Crippen LogP) is 0.814. The summed E-state index contributed by atoms with van der Waals surface area (Å²) in [4.78, 5) is 24.1. The van der Waals surface area contributed by atoms with Crippen molar-refractivity contribution in [3.05, 3.63) is 0 Å². The van der Waals surface area contributed by atoms with Crippen molar-refractivity contribution in [1.82, 2.24) is 4.90 Å². The summed E-state index contributed by atoms with van der Waals surface area (Å²) in [5.74, 6) is -0.889. The van der Waals surface area contributed by atoms with Crippen molar-refractivity contribution >= 4 is 12.1 Å². The minimum atomic E-state index is -0.889. The molecule has 1 aliphatic heterocycles. The fourth-order valence-electron chi connectivity index (χ4n) is 1.90. The van der Waals surface area contributed by atoms with Gasteiger partial charge in [-0.3, -0.25) is 4.79 Å². The number of carboxylic acids is 1. The quantitative estimate of drug-likeness (QED) is 0.794. The van der Waals surface area contributed by atoms with Crippen LogP contribution in [0.4, 0.5) is 4.79 Å². The maximum Gasteiger partial charge on any atom is 0.410 e. The number of nitrogens with zero attached hydrogens (tertiary/aromatic N) is 1. The molecule has 7 heteroatoms. The van der Waals surface area contributed by atoms with Crippen LogP contribution in [0.5, 0.6) is 0 Å². The lowest BCUT2D eigenvalue weighted by molar-refractivity contribution is -0.137. The van der Waals surface area contributed by atoms with Gasteiger partial charge in [0.25, 0.3) is 0 Å². The average molecular weight is 288 g/mol. The monoisotopic (exact) mass is 288 g/mol. The number of carboxylic acid groups (broad SMARTS) is 1. The van der Waals surface area contributed by atoms with E-state index in [9.17, 15) is 9.59 Å². The Balaban J connectivity index is 2.49. The Kier molecular flexibility index (Phi) is 5.76. The van der Waals surface area contributed by atoms with Gasteiger partial charge in [0.15, 0.2) is 0 Å². The van der Waals surface area contributed by atoms with E-state index < -0.39 is 23.7 Å². The van der Waals surface area contributed by atoms with Crippen LogP contribution in [0.15, 0.2) is 0 Å². The highest BCUT2D eigenvalue weighted by molar-refractivity contribution is 5.68. The molecule has 0 aromatic heterocycles. The van der Waals surface area contributed by atoms with E-state index in [-0.39, 0.29) is 12.5 Å². The lowest BCUT2D eigenvalue weighted by Gasteiger charge is -2.36. The Morgan fingerprint density at radius 3 is 2.70 bits per heavy atom. The molecule has 1 heterocycles. The van der Waals surface area contributed by atoms with E-state index >= 15 is 0 Å². The molecule has 7 nitrogen and oxygen atoms in total. The Labute approximate surface area is 119 Å². The molecule has 2 unspecified atom stereocenters. The number of rotatable bonds is 4. The van der Waals surface area contributed by atoms with Gasteiger partial charge in [0.1, 0.15) is 5.60 Å². The molecular formula is C13H24N2O5. The first-order valence-corrected chi connectivity index (χ1v) is 6.76. The minimum Gasteiger partial charge on any atom is -0.481 e. The zero-order valence-electron chi connectivity index (χ0n) is 12.3. The molecule has 116 valence electrons. The normalized spacial score (nSPS) is 21.4. The van der Waals surface area contributed by atoms with Crippen molar-refractivity contribution in [2.75, 3.05) is 19.7 Å². The summed E-state index contributed by atoms with van der Waals surface area (Å²) in [6.45, 7) is 6.59. The maximum absolute atomic E-state index is 12.0. The highest BCUT2D eigenvalue weighted by Gasteiger charge is 2.31. The third-order valence-corrected chi connectivity index (χ3v) is 2.91. The first-order valence-electron chi connectivity index (χ1n) is 6.76. The first-order chi connectivity index (χ1) is 9.19. The fourth-order valence-corrected chi connectivity index (χ4v) is 1.90. The summed E-state index contributed by atoms with van der Waals surface area (Å²) in [6.07, 6.45) is -0.429. The standard InChI is InChI=1S/C13H24N2O5/c1-13(2,3)20-12(18)15-6-7-19-10(8-15)9(14)4-5-11(16)17/h9-10H,4-8,14H2,1-3H3,(H,16,17). The second-order valence-electron chi connectivity index (χ2n) is 5.93. The summed E-state index contributed by atoms with van der Waals surface area (Å²) >= 11 is 0. The van der Waals surface area contributed by atoms with Gasteiger partial charge in [-0.25, -0.2) is 4.79 Å². The van der Waals surface area contributed by atoms with Crippen LogP contribution in [-0.4, -0.2) is 59.5 Å². The number of hydrogen-bond donors (Lipinski definition) is 2. The number of carbonyl (C=O) groups excluding carboxylic acids is 1. The van der Waals surface area contributed by atoms with Gasteiger partial charge >= 0.3 is 12.1 Å². The highest BCUT2D eigenvalue weighted by atomic mass is 16.6. The second-order valence-corrected chi connectivity index (χ2v) is 5.93. The molecule has 0 radical (unpaired) electrons. The van der Waals surface area contributed by atoms with Gasteiger partial charge in [-0.1, -0.05) is 0 Å². The third kappa shape index (κ3) is 5.75. The molecule has 20 heavy (non-hydrogen) atoms. The van der Waals surface area contributed by atoms with E-state index in [2.05, 4.69) is 0 Å². The van der Waals surface area contributed by atoms with Crippen LogP contribution in [-0.2, 0) is 14.3 Å². The lowest BCUT2D eigenvalue weighted by Crippen LogP contribution is -2.53. The van der Waals surface area contributed by atoms with Gasteiger partial charge in [0.2, 0.25) is 0 Å². The number of aliphatic carboxylic acids is 1. The number of carbonyl (C=O) groups is 2. The molecule has 2 atom stereocenters. The van der Waals surface area contributed by atoms with E-state index in [1.54, 1.807) is 25.7 Å². The minimum absolute atomic E-state index is 0.00648. The second kappa shape index (κ2) is 6.90. The molecular weight excluding hydrogens is 264 g/mol. The van der Waals surface area contributed by atoms with Gasteiger partial charge < -0.3 is 25.2 Å². The average Bonchev–Trinajstić information content (AvgIpc) is 2.34. The van der Waals surface area contributed by atoms with Gasteiger partial charge in [-0.2, -0.15) is 0 Å². The number of ether oxygens (including phenoxy) is 2. The van der Waals surface area contributed by atoms with Crippen LogP contribution in [0.3, 0.4) is 0 Å². The molecule has 0 saturated carbocycles. The van der Waals surface area contributed by atoms with E-state index in [4.69, 9.17) is 20.3 Å². The molecule has 0 spiro atoms. The van der Waals surface area contributed by atoms with Crippen LogP contribution in [0, 0.1) is 0 Å². The smallest absolute Gasteiger partial charge is 0.410 e. The van der Waals surface area contributed by atoms with Crippen molar-refractivity contribution in [3.63, 3.8) is 0 Å². The topological polar surface area (TPSA) is 102 Å². The Morgan fingerprint density at radius 1 is 1.50 bits per heavy atom. The molecule has 0 aromatic rings. The molecule has 1 aliphatic rings. The molecule has 1 fully saturated rings. The third-order valence-electron chi connectivity index (χ3n) is 2.91. The number of hydrogen-bond acceptors (Lipinski definition) is 5. The molecule has 1 rings (SSSR count). The molecule has 0 aliphatic carbocycles. The Bertz CT molecular complexity index is 353. The summed E-state index contributed by atoms with van der Waals surface area (Å²) < 4.78 is 10.8. The van der Waals surface area contributed by atoms with Crippen molar-refractivity contribution < 1.29 is 24.2 Å². The molecule has 0 aromatic carbocycles. The predicted molar refractivity (Wildman–Crippen MR) is 72.4 cm³/mol. The van der Waals surface area contributed by atoms with Gasteiger partial charge in [0.05, 0.1) is 19.3 Å². The zero-order valence-corrected chi connectivity index (χ0v) is 12.3. The number of amides is 1. The number of nitrogens with two attached hydrogens (primary N) is 1. The van der Waals surface area contributed by atoms with Crippen molar-refractivity contribution in [2.24, 2.45) is 5.73 Å². The molecule has 1 amide bonds. The SMILES string of the molecule is CC(C)(C)OC(=O)N1CCOC(C(N)CCC(=O)O)C1. The summed E-state index contributed by atoms with van der Waals surface area (Å²) in [6, 6.07) is -0.406. The summed E-state index contributed by atoms with van der Waals surface area (Å²) in [5.41, 5.74) is 5.37. The van der Waals surface area contributed by atoms with Crippen LogP contribution in [0.25, 0.3) is 0 Å². The lowest BCUT2D eigenvalue weighted by atomic mass is 10.0. The van der Waals surface area contributed by atoms with Crippen molar-refractivity contribution in [1.29, 1.82) is 0 Å². The fraction of sp³-hybridized carbons (Fsp3) is 0.846. The van der Waals surface area contributed by atoms with Crippen molar-refractivity contribution in [3.8, 4) is 0 Å². The van der Waals surface area contributed by atoms with Gasteiger partial charge in [0, 0.05) is 19.0 Å². The zero-order chi connectivity index (χ0) is 15.3. The summed E-state index contributed by atoms with van der Waals surface area (Å²) in [5, 5.41) is 8.65. The van der Waals surface area contributed by atoms with Crippen LogP contribution >= 0.6 is 0 Å². The Hall–Kier alpha value is -1.34. The Morgan fingerprint density at radius 2 is 2.15 bits per heavy atom. The largest absolute Gasteiger partial charge is 0.481 e. The highest BCUT2D eigenvalue weighted by Crippen LogP contribution is 2.15. The van der Waals surface area contributed by atoms with E-state index in [1.165, 1.54) is 0 Å². The van der Waals surface area contributed by atoms with Gasteiger partial charge in [-0.15, -0.1) is 0 Å². The van der Waals surface area contributed by atoms with E-state index in [1.807, 2.05) is 0 Å². The van der Waals surface area contributed by atoms with E-state index in [0.29, 0.717) is 26.1 Å². The molecule has 3 N–H and O–H groups in total. The molecule has 1 saturated heterocycles. The molecule has 0 bridgehead atoms.